The van der Waals surface area contributed by atoms with E-state index < -0.39 is 12.2 Å². The average Bonchev–Trinajstić information content (AvgIpc) is 2.79. The first-order chi connectivity index (χ1) is 8.93. The summed E-state index contributed by atoms with van der Waals surface area (Å²) < 4.78 is 0. The quantitative estimate of drug-likeness (QED) is 0.508. The number of benzene rings is 1. The molecular formula is C13H17N3O3. The molecule has 0 fully saturated rings. The van der Waals surface area contributed by atoms with E-state index in [1.54, 1.807) is 24.4 Å². The Kier molecular flexibility index (Phi) is 3.46. The number of fused-ring (bicyclic) bond motifs is 1. The number of hydrogen-bond donors (Lipinski definition) is 5. The molecule has 1 amide bonds. The van der Waals surface area contributed by atoms with Crippen LogP contribution in [0.3, 0.4) is 0 Å². The second kappa shape index (κ2) is 4.91. The van der Waals surface area contributed by atoms with Crippen LogP contribution in [0, 0.1) is 0 Å². The summed E-state index contributed by atoms with van der Waals surface area (Å²) in [5.41, 5.74) is 6.20. The maximum absolute atomic E-state index is 12.0. The second-order valence-corrected chi connectivity index (χ2v) is 4.85. The summed E-state index contributed by atoms with van der Waals surface area (Å²) in [5.74, 6) is -0.315. The zero-order chi connectivity index (χ0) is 14.0. The second-order valence-electron chi connectivity index (χ2n) is 4.85. The van der Waals surface area contributed by atoms with Crippen molar-refractivity contribution in [3.63, 3.8) is 0 Å². The Morgan fingerprint density at radius 2 is 2.26 bits per heavy atom. The number of aliphatic hydroxyl groups excluding tert-OH is 1. The number of nitrogens with one attached hydrogen (secondary N) is 2. The number of carbonyl (C=O) groups is 1. The average molecular weight is 263 g/mol. The summed E-state index contributed by atoms with van der Waals surface area (Å²) in [5, 5.41) is 21.9. The van der Waals surface area contributed by atoms with E-state index in [2.05, 4.69) is 10.3 Å². The van der Waals surface area contributed by atoms with Gasteiger partial charge in [-0.3, -0.25) is 4.79 Å². The van der Waals surface area contributed by atoms with E-state index in [1.165, 1.54) is 6.92 Å². The van der Waals surface area contributed by atoms with E-state index in [9.17, 15) is 9.90 Å². The van der Waals surface area contributed by atoms with E-state index in [-0.39, 0.29) is 12.5 Å². The maximum Gasteiger partial charge on any atom is 0.253 e. The third-order valence-corrected chi connectivity index (χ3v) is 2.92. The lowest BCUT2D eigenvalue weighted by Gasteiger charge is -2.20. The van der Waals surface area contributed by atoms with E-state index in [4.69, 9.17) is 10.8 Å². The van der Waals surface area contributed by atoms with Gasteiger partial charge in [0.1, 0.15) is 5.60 Å². The lowest BCUT2D eigenvalue weighted by atomic mass is 10.1. The standard InChI is InChI=1S/C13H17N3O3/c1-13(19,7-17)6-16-12(18)10-5-15-11-4-8(14)2-3-9(10)11/h2-5,15,17,19H,6-7,14H2,1H3,(H,16,18). The van der Waals surface area contributed by atoms with Crippen molar-refractivity contribution in [2.45, 2.75) is 12.5 Å². The molecule has 6 heteroatoms. The summed E-state index contributed by atoms with van der Waals surface area (Å²) in [7, 11) is 0. The van der Waals surface area contributed by atoms with Crippen LogP contribution in [0.4, 0.5) is 5.69 Å². The molecule has 0 saturated heterocycles. The first kappa shape index (κ1) is 13.4. The fourth-order valence-electron chi connectivity index (χ4n) is 1.75. The Hall–Kier alpha value is -2.05. The number of anilines is 1. The van der Waals surface area contributed by atoms with Gasteiger partial charge in [-0.1, -0.05) is 0 Å². The molecule has 0 aliphatic rings. The normalized spacial score (nSPS) is 14.3. The highest BCUT2D eigenvalue weighted by atomic mass is 16.3. The van der Waals surface area contributed by atoms with Gasteiger partial charge in [0.25, 0.3) is 5.91 Å². The van der Waals surface area contributed by atoms with Crippen molar-refractivity contribution in [1.29, 1.82) is 0 Å². The van der Waals surface area contributed by atoms with Crippen LogP contribution in [-0.2, 0) is 0 Å². The number of carbonyl (C=O) groups excluding carboxylic acids is 1. The molecule has 1 aromatic carbocycles. The number of nitrogens with two attached hydrogens (primary N) is 1. The van der Waals surface area contributed by atoms with Crippen molar-refractivity contribution in [2.24, 2.45) is 0 Å². The number of aromatic amines is 1. The lowest BCUT2D eigenvalue weighted by molar-refractivity contribution is 0.00321. The molecular weight excluding hydrogens is 246 g/mol. The van der Waals surface area contributed by atoms with Gasteiger partial charge in [0.2, 0.25) is 0 Å². The molecule has 1 heterocycles. The predicted molar refractivity (Wildman–Crippen MR) is 72.8 cm³/mol. The molecule has 0 spiro atoms. The summed E-state index contributed by atoms with van der Waals surface area (Å²) in [6, 6.07) is 5.23. The van der Waals surface area contributed by atoms with Gasteiger partial charge in [-0.15, -0.1) is 0 Å². The van der Waals surface area contributed by atoms with E-state index in [0.717, 1.165) is 10.9 Å². The predicted octanol–water partition coefficient (Wildman–Crippen LogP) is 0.223. The van der Waals surface area contributed by atoms with Crippen LogP contribution >= 0.6 is 0 Å². The van der Waals surface area contributed by atoms with Crippen LogP contribution in [0.25, 0.3) is 10.9 Å². The first-order valence-electron chi connectivity index (χ1n) is 5.91. The molecule has 6 N–H and O–H groups in total. The molecule has 0 saturated carbocycles. The highest BCUT2D eigenvalue weighted by molar-refractivity contribution is 6.07. The Morgan fingerprint density at radius 1 is 1.53 bits per heavy atom. The number of aliphatic hydroxyl groups is 2. The number of rotatable bonds is 4. The van der Waals surface area contributed by atoms with Gasteiger partial charge >= 0.3 is 0 Å². The molecule has 102 valence electrons. The van der Waals surface area contributed by atoms with Gasteiger partial charge in [-0.2, -0.15) is 0 Å². The minimum Gasteiger partial charge on any atom is -0.399 e. The molecule has 1 aromatic heterocycles. The Bertz CT molecular complexity index is 604. The third kappa shape index (κ3) is 2.86. The van der Waals surface area contributed by atoms with Crippen molar-refractivity contribution < 1.29 is 15.0 Å². The van der Waals surface area contributed by atoms with Crippen molar-refractivity contribution in [3.05, 3.63) is 30.0 Å². The van der Waals surface area contributed by atoms with Crippen LogP contribution in [-0.4, -0.2) is 39.9 Å². The summed E-state index contributed by atoms with van der Waals surface area (Å²) in [4.78, 5) is 15.0. The Labute approximate surface area is 110 Å². The zero-order valence-corrected chi connectivity index (χ0v) is 10.6. The highest BCUT2D eigenvalue weighted by Gasteiger charge is 2.21. The Morgan fingerprint density at radius 3 is 2.95 bits per heavy atom. The SMILES string of the molecule is CC(O)(CO)CNC(=O)c1c[nH]c2cc(N)ccc12. The van der Waals surface area contributed by atoms with Crippen molar-refractivity contribution >= 4 is 22.5 Å². The van der Waals surface area contributed by atoms with Gasteiger partial charge in [0.15, 0.2) is 0 Å². The van der Waals surface area contributed by atoms with Gasteiger partial charge < -0.3 is 26.2 Å². The first-order valence-corrected chi connectivity index (χ1v) is 5.91. The molecule has 2 aromatic rings. The molecule has 0 aliphatic heterocycles. The van der Waals surface area contributed by atoms with E-state index in [0.29, 0.717) is 11.3 Å². The highest BCUT2D eigenvalue weighted by Crippen LogP contribution is 2.20. The van der Waals surface area contributed by atoms with Gasteiger partial charge in [-0.25, -0.2) is 0 Å². The van der Waals surface area contributed by atoms with Crippen LogP contribution in [0.15, 0.2) is 24.4 Å². The van der Waals surface area contributed by atoms with Gasteiger partial charge in [-0.05, 0) is 25.1 Å². The van der Waals surface area contributed by atoms with Crippen molar-refractivity contribution in [3.8, 4) is 0 Å². The number of H-pyrrole nitrogens is 1. The summed E-state index contributed by atoms with van der Waals surface area (Å²) in [6.45, 7) is 1.00. The smallest absolute Gasteiger partial charge is 0.253 e. The summed E-state index contributed by atoms with van der Waals surface area (Å²) in [6.07, 6.45) is 1.59. The monoisotopic (exact) mass is 263 g/mol. The molecule has 0 aliphatic carbocycles. The van der Waals surface area contributed by atoms with Crippen molar-refractivity contribution in [1.82, 2.24) is 10.3 Å². The molecule has 1 unspecified atom stereocenters. The molecule has 0 bridgehead atoms. The molecule has 0 radical (unpaired) electrons. The zero-order valence-electron chi connectivity index (χ0n) is 10.6. The molecule has 2 rings (SSSR count). The van der Waals surface area contributed by atoms with E-state index >= 15 is 0 Å². The minimum absolute atomic E-state index is 0.0238. The maximum atomic E-state index is 12.0. The van der Waals surface area contributed by atoms with Crippen molar-refractivity contribution in [2.75, 3.05) is 18.9 Å². The van der Waals surface area contributed by atoms with Gasteiger partial charge in [0.05, 0.1) is 12.2 Å². The Balaban J connectivity index is 2.18. The number of hydrogen-bond acceptors (Lipinski definition) is 4. The van der Waals surface area contributed by atoms with Gasteiger partial charge in [0, 0.05) is 29.3 Å². The molecule has 1 atom stereocenters. The van der Waals surface area contributed by atoms with Crippen LogP contribution < -0.4 is 11.1 Å². The lowest BCUT2D eigenvalue weighted by Crippen LogP contribution is -2.43. The van der Waals surface area contributed by atoms with E-state index in [1.807, 2.05) is 0 Å². The largest absolute Gasteiger partial charge is 0.399 e. The molecule has 6 nitrogen and oxygen atoms in total. The topological polar surface area (TPSA) is 111 Å². The third-order valence-electron chi connectivity index (χ3n) is 2.92. The minimum atomic E-state index is -1.33. The fraction of sp³-hybridized carbons (Fsp3) is 0.308. The van der Waals surface area contributed by atoms with Crippen LogP contribution in [0.2, 0.25) is 0 Å². The number of amides is 1. The number of aromatic nitrogens is 1. The number of nitrogen functional groups attached to an aromatic ring is 1. The summed E-state index contributed by atoms with van der Waals surface area (Å²) >= 11 is 0. The van der Waals surface area contributed by atoms with Crippen LogP contribution in [0.5, 0.6) is 0 Å². The van der Waals surface area contributed by atoms with Crippen LogP contribution in [0.1, 0.15) is 17.3 Å². The fourth-order valence-corrected chi connectivity index (χ4v) is 1.75. The molecule has 19 heavy (non-hydrogen) atoms.